The molecule has 3 aromatic rings. The van der Waals surface area contributed by atoms with Crippen molar-refractivity contribution < 1.29 is 19.9 Å². The van der Waals surface area contributed by atoms with Crippen molar-refractivity contribution in [3.8, 4) is 0 Å². The highest BCUT2D eigenvalue weighted by Crippen LogP contribution is 2.34. The van der Waals surface area contributed by atoms with E-state index in [0.29, 0.717) is 5.46 Å². The second-order valence-corrected chi connectivity index (χ2v) is 6.86. The molecule has 0 heterocycles. The van der Waals surface area contributed by atoms with Gasteiger partial charge in [-0.05, 0) is 51.4 Å². The van der Waals surface area contributed by atoms with Crippen molar-refractivity contribution in [2.45, 2.75) is 13.3 Å². The minimum Gasteiger partial charge on any atom is -0.478 e. The summed E-state index contributed by atoms with van der Waals surface area (Å²) in [5, 5.41) is 27.7. The molecule has 150 valence electrons. The molecule has 0 aromatic heterocycles. The molecule has 0 fully saturated rings. The summed E-state index contributed by atoms with van der Waals surface area (Å²) in [6, 6.07) is 25.1. The highest BCUT2D eigenvalue weighted by molar-refractivity contribution is 6.58. The van der Waals surface area contributed by atoms with Crippen LogP contribution in [-0.4, -0.2) is 28.2 Å². The Morgan fingerprint density at radius 2 is 1.40 bits per heavy atom. The largest absolute Gasteiger partial charge is 0.488 e. The van der Waals surface area contributed by atoms with Crippen molar-refractivity contribution >= 4 is 35.8 Å². The van der Waals surface area contributed by atoms with Crippen LogP contribution >= 0.6 is 0 Å². The minimum absolute atomic E-state index is 0.435. The Bertz CT molecular complexity index is 1050. The van der Waals surface area contributed by atoms with Crippen LogP contribution in [0.25, 0.3) is 17.2 Å². The fourth-order valence-corrected chi connectivity index (χ4v) is 3.43. The molecule has 5 heteroatoms. The van der Waals surface area contributed by atoms with Gasteiger partial charge in [-0.15, -0.1) is 0 Å². The van der Waals surface area contributed by atoms with E-state index in [2.05, 4.69) is 19.1 Å². The second kappa shape index (κ2) is 9.88. The minimum atomic E-state index is -1.51. The first-order valence-corrected chi connectivity index (χ1v) is 9.76. The molecule has 0 radical (unpaired) electrons. The van der Waals surface area contributed by atoms with E-state index in [0.717, 1.165) is 40.3 Å². The fraction of sp³-hybridized carbons (Fsp3) is 0.0800. The predicted molar refractivity (Wildman–Crippen MR) is 122 cm³/mol. The van der Waals surface area contributed by atoms with Gasteiger partial charge in [0.05, 0.1) is 0 Å². The Hall–Kier alpha value is -3.41. The molecule has 0 saturated heterocycles. The molecule has 0 saturated carbocycles. The lowest BCUT2D eigenvalue weighted by atomic mass is 9.79. The first-order chi connectivity index (χ1) is 14.5. The van der Waals surface area contributed by atoms with Gasteiger partial charge in [0.15, 0.2) is 0 Å². The summed E-state index contributed by atoms with van der Waals surface area (Å²) in [4.78, 5) is 10.8. The van der Waals surface area contributed by atoms with Gasteiger partial charge in [-0.3, -0.25) is 0 Å². The molecule has 0 aliphatic heterocycles. The molecular weight excluding hydrogens is 375 g/mol. The molecule has 0 bridgehead atoms. The average molecular weight is 398 g/mol. The summed E-state index contributed by atoms with van der Waals surface area (Å²) in [5.74, 6) is -0.983. The van der Waals surface area contributed by atoms with E-state index in [1.54, 1.807) is 18.2 Å². The molecule has 0 amide bonds. The third-order valence-electron chi connectivity index (χ3n) is 4.89. The first kappa shape index (κ1) is 21.3. The highest BCUT2D eigenvalue weighted by atomic mass is 16.4. The van der Waals surface area contributed by atoms with Crippen LogP contribution in [0.4, 0.5) is 0 Å². The molecule has 0 aliphatic rings. The zero-order chi connectivity index (χ0) is 21.5. The zero-order valence-electron chi connectivity index (χ0n) is 16.7. The highest BCUT2D eigenvalue weighted by Gasteiger charge is 2.15. The Kier molecular flexibility index (Phi) is 7.01. The van der Waals surface area contributed by atoms with E-state index >= 15 is 0 Å². The number of carboxylic acids is 1. The quantitative estimate of drug-likeness (QED) is 0.321. The van der Waals surface area contributed by atoms with Gasteiger partial charge < -0.3 is 15.2 Å². The smallest absolute Gasteiger partial charge is 0.478 e. The van der Waals surface area contributed by atoms with E-state index < -0.39 is 13.1 Å². The predicted octanol–water partition coefficient (Wildman–Crippen LogP) is 3.83. The first-order valence-electron chi connectivity index (χ1n) is 9.76. The van der Waals surface area contributed by atoms with Crippen molar-refractivity contribution in [1.29, 1.82) is 0 Å². The lowest BCUT2D eigenvalue weighted by Crippen LogP contribution is -2.29. The van der Waals surface area contributed by atoms with Gasteiger partial charge in [-0.1, -0.05) is 85.8 Å². The topological polar surface area (TPSA) is 77.8 Å². The number of hydrogen-bond acceptors (Lipinski definition) is 3. The van der Waals surface area contributed by atoms with Gasteiger partial charge in [-0.25, -0.2) is 4.79 Å². The van der Waals surface area contributed by atoms with Gasteiger partial charge in [-0.2, -0.15) is 0 Å². The van der Waals surface area contributed by atoms with Crippen LogP contribution in [0.15, 0.2) is 84.9 Å². The number of carboxylic acid groups (broad SMARTS) is 1. The molecular formula is C25H23BO4. The van der Waals surface area contributed by atoms with E-state index in [4.69, 9.17) is 5.11 Å². The Labute approximate surface area is 176 Å². The normalized spacial score (nSPS) is 12.0. The van der Waals surface area contributed by atoms with Crippen molar-refractivity contribution in [2.24, 2.45) is 0 Å². The molecule has 0 aliphatic carbocycles. The monoisotopic (exact) mass is 398 g/mol. The van der Waals surface area contributed by atoms with Gasteiger partial charge in [0.1, 0.15) is 0 Å². The third-order valence-corrected chi connectivity index (χ3v) is 4.89. The fourth-order valence-electron chi connectivity index (χ4n) is 3.43. The zero-order valence-corrected chi connectivity index (χ0v) is 16.7. The second-order valence-electron chi connectivity index (χ2n) is 6.86. The van der Waals surface area contributed by atoms with E-state index in [9.17, 15) is 14.8 Å². The van der Waals surface area contributed by atoms with E-state index in [1.807, 2.05) is 54.6 Å². The van der Waals surface area contributed by atoms with Crippen LogP contribution in [0.1, 0.15) is 35.6 Å². The molecule has 0 atom stereocenters. The van der Waals surface area contributed by atoms with Crippen LogP contribution in [0.2, 0.25) is 0 Å². The molecule has 4 nitrogen and oxygen atoms in total. The maximum absolute atomic E-state index is 10.8. The van der Waals surface area contributed by atoms with Gasteiger partial charge in [0, 0.05) is 6.08 Å². The molecule has 0 unspecified atom stereocenters. The molecule has 30 heavy (non-hydrogen) atoms. The number of carbonyl (C=O) groups is 1. The van der Waals surface area contributed by atoms with E-state index in [-0.39, 0.29) is 0 Å². The van der Waals surface area contributed by atoms with Gasteiger partial charge in [0.2, 0.25) is 0 Å². The molecule has 3 aromatic carbocycles. The van der Waals surface area contributed by atoms with Crippen molar-refractivity contribution in [3.63, 3.8) is 0 Å². The van der Waals surface area contributed by atoms with Crippen molar-refractivity contribution in [2.75, 3.05) is 0 Å². The number of aliphatic carboxylic acids is 1. The summed E-state index contributed by atoms with van der Waals surface area (Å²) in [6.07, 6.45) is 3.49. The van der Waals surface area contributed by atoms with Crippen LogP contribution < -0.4 is 5.46 Å². The lowest BCUT2D eigenvalue weighted by molar-refractivity contribution is -0.131. The van der Waals surface area contributed by atoms with Gasteiger partial charge >= 0.3 is 13.1 Å². The standard InChI is InChI=1S/C25H23BO4/c1-2-23(19-6-4-3-5-7-19)25(21-13-15-22(16-14-21)26(29)30)20-11-8-18(9-12-20)10-17-24(27)28/h3-17,29-30H,2H2,1H3,(H,27,28)/b17-10+,25-23-. The van der Waals surface area contributed by atoms with Crippen LogP contribution in [0.3, 0.4) is 0 Å². The Morgan fingerprint density at radius 3 is 1.90 bits per heavy atom. The summed E-state index contributed by atoms with van der Waals surface area (Å²) in [5.41, 5.74) is 6.55. The van der Waals surface area contributed by atoms with Crippen LogP contribution in [0, 0.1) is 0 Å². The maximum atomic E-state index is 10.8. The van der Waals surface area contributed by atoms with Crippen molar-refractivity contribution in [3.05, 3.63) is 107 Å². The lowest BCUT2D eigenvalue weighted by Gasteiger charge is -2.17. The van der Waals surface area contributed by atoms with Crippen molar-refractivity contribution in [1.82, 2.24) is 0 Å². The summed E-state index contributed by atoms with van der Waals surface area (Å²) >= 11 is 0. The molecule has 0 spiro atoms. The Morgan fingerprint density at radius 1 is 0.833 bits per heavy atom. The SMILES string of the molecule is CC/C(=C(\c1ccc(/C=C/C(=O)O)cc1)c1ccc(B(O)O)cc1)c1ccccc1. The number of rotatable bonds is 7. The number of hydrogen-bond donors (Lipinski definition) is 3. The van der Waals surface area contributed by atoms with E-state index in [1.165, 1.54) is 5.57 Å². The van der Waals surface area contributed by atoms with Crippen LogP contribution in [-0.2, 0) is 4.79 Å². The summed E-state index contributed by atoms with van der Waals surface area (Å²) in [6.45, 7) is 2.11. The maximum Gasteiger partial charge on any atom is 0.488 e. The van der Waals surface area contributed by atoms with Gasteiger partial charge in [0.25, 0.3) is 0 Å². The number of benzene rings is 3. The summed E-state index contributed by atoms with van der Waals surface area (Å²) in [7, 11) is -1.51. The molecule has 3 rings (SSSR count). The van der Waals surface area contributed by atoms with Crippen LogP contribution in [0.5, 0.6) is 0 Å². The number of allylic oxidation sites excluding steroid dienone is 1. The average Bonchev–Trinajstić information content (AvgIpc) is 2.77. The third kappa shape index (κ3) is 5.14. The molecule has 3 N–H and O–H groups in total. The summed E-state index contributed by atoms with van der Waals surface area (Å²) < 4.78 is 0. The Balaban J connectivity index is 2.14.